The van der Waals surface area contributed by atoms with Crippen molar-refractivity contribution in [3.63, 3.8) is 0 Å². The molecule has 2 bridgehead atoms. The molecule has 2 atom stereocenters. The van der Waals surface area contributed by atoms with Crippen LogP contribution in [0.4, 0.5) is 5.69 Å². The Hall–Kier alpha value is -1.59. The van der Waals surface area contributed by atoms with Gasteiger partial charge >= 0.3 is 0 Å². The molecule has 2 fully saturated rings. The topological polar surface area (TPSA) is 32.3 Å². The summed E-state index contributed by atoms with van der Waals surface area (Å²) < 4.78 is 0. The second kappa shape index (κ2) is 6.49. The fourth-order valence-corrected chi connectivity index (χ4v) is 4.43. The molecule has 4 heterocycles. The average molecular weight is 326 g/mol. The molecule has 2 saturated heterocycles. The molecule has 0 radical (unpaired) electrons. The zero-order valence-corrected chi connectivity index (χ0v) is 14.2. The minimum Gasteiger partial charge on any atom is -0.369 e. The van der Waals surface area contributed by atoms with E-state index in [9.17, 15) is 0 Å². The summed E-state index contributed by atoms with van der Waals surface area (Å²) in [5, 5.41) is 1.04. The Kier molecular flexibility index (Phi) is 4.23. The van der Waals surface area contributed by atoms with Gasteiger partial charge in [0.2, 0.25) is 0 Å². The highest BCUT2D eigenvalue weighted by Crippen LogP contribution is 2.31. The van der Waals surface area contributed by atoms with Gasteiger partial charge in [-0.25, -0.2) is 4.98 Å². The monoisotopic (exact) mass is 326 g/mol. The van der Waals surface area contributed by atoms with Crippen LogP contribution in [0.25, 0.3) is 0 Å². The number of anilines is 1. The zero-order chi connectivity index (χ0) is 15.6. The molecule has 4 rings (SSSR count). The van der Waals surface area contributed by atoms with Gasteiger partial charge in [-0.05, 0) is 50.6 Å². The quantitative estimate of drug-likeness (QED) is 0.864. The van der Waals surface area contributed by atoms with Crippen molar-refractivity contribution in [2.45, 2.75) is 41.3 Å². The van der Waals surface area contributed by atoms with E-state index in [4.69, 9.17) is 0 Å². The van der Waals surface area contributed by atoms with Crippen molar-refractivity contribution in [1.82, 2.24) is 14.9 Å². The fraction of sp³-hybridized carbons (Fsp3) is 0.444. The third kappa shape index (κ3) is 3.21. The van der Waals surface area contributed by atoms with Gasteiger partial charge in [0.1, 0.15) is 5.03 Å². The number of hydrogen-bond donors (Lipinski definition) is 0. The van der Waals surface area contributed by atoms with Crippen molar-refractivity contribution in [2.24, 2.45) is 0 Å². The van der Waals surface area contributed by atoms with Crippen LogP contribution in [0.5, 0.6) is 0 Å². The number of pyridine rings is 2. The highest BCUT2D eigenvalue weighted by molar-refractivity contribution is 7.99. The van der Waals surface area contributed by atoms with Crippen molar-refractivity contribution in [3.05, 3.63) is 42.9 Å². The SMILES string of the molecule is CN1C2CCC1CN(c1ccc(Sc3ccncc3)nc1)CC2. The Morgan fingerprint density at radius 2 is 1.87 bits per heavy atom. The molecule has 2 aliphatic heterocycles. The maximum atomic E-state index is 4.65. The first-order chi connectivity index (χ1) is 11.3. The van der Waals surface area contributed by atoms with Crippen molar-refractivity contribution >= 4 is 17.4 Å². The third-order valence-electron chi connectivity index (χ3n) is 5.11. The van der Waals surface area contributed by atoms with Gasteiger partial charge in [-0.3, -0.25) is 9.88 Å². The summed E-state index contributed by atoms with van der Waals surface area (Å²) in [5.74, 6) is 0. The van der Waals surface area contributed by atoms with E-state index in [2.05, 4.69) is 38.9 Å². The molecule has 2 aromatic heterocycles. The van der Waals surface area contributed by atoms with Crippen molar-refractivity contribution < 1.29 is 0 Å². The Morgan fingerprint density at radius 3 is 2.65 bits per heavy atom. The standard InChI is InChI=1S/C18H22N4S/c1-21-14-2-3-16(21)13-22(11-8-14)15-4-5-18(20-12-15)23-17-6-9-19-10-7-17/h4-7,9-10,12,14,16H,2-3,8,11,13H2,1H3. The van der Waals surface area contributed by atoms with Crippen LogP contribution >= 0.6 is 11.8 Å². The summed E-state index contributed by atoms with van der Waals surface area (Å²) in [5.41, 5.74) is 1.25. The van der Waals surface area contributed by atoms with Crippen LogP contribution in [0, 0.1) is 0 Å². The van der Waals surface area contributed by atoms with Crippen LogP contribution in [0.3, 0.4) is 0 Å². The summed E-state index contributed by atoms with van der Waals surface area (Å²) in [6, 6.07) is 9.86. The zero-order valence-electron chi connectivity index (χ0n) is 13.4. The lowest BCUT2D eigenvalue weighted by Crippen LogP contribution is -2.36. The Morgan fingerprint density at radius 1 is 1.04 bits per heavy atom. The molecular weight excluding hydrogens is 304 g/mol. The molecule has 0 aromatic carbocycles. The van der Waals surface area contributed by atoms with Gasteiger partial charge < -0.3 is 4.90 Å². The van der Waals surface area contributed by atoms with E-state index in [-0.39, 0.29) is 0 Å². The highest BCUT2D eigenvalue weighted by Gasteiger charge is 2.34. The fourth-order valence-electron chi connectivity index (χ4n) is 3.69. The maximum Gasteiger partial charge on any atom is 0.101 e. The summed E-state index contributed by atoms with van der Waals surface area (Å²) in [6.07, 6.45) is 9.64. The number of hydrogen-bond acceptors (Lipinski definition) is 5. The normalized spacial score (nSPS) is 24.7. The van der Waals surface area contributed by atoms with Crippen molar-refractivity contribution in [3.8, 4) is 0 Å². The van der Waals surface area contributed by atoms with Gasteiger partial charge in [-0.1, -0.05) is 11.8 Å². The van der Waals surface area contributed by atoms with Crippen LogP contribution in [0.2, 0.25) is 0 Å². The number of likely N-dealkylation sites (N-methyl/N-ethyl adjacent to an activating group) is 1. The lowest BCUT2D eigenvalue weighted by atomic mass is 10.1. The molecule has 4 nitrogen and oxygen atoms in total. The predicted octanol–water partition coefficient (Wildman–Crippen LogP) is 3.30. The molecule has 2 aliphatic rings. The lowest BCUT2D eigenvalue weighted by Gasteiger charge is -2.27. The van der Waals surface area contributed by atoms with E-state index >= 15 is 0 Å². The number of rotatable bonds is 3. The van der Waals surface area contributed by atoms with E-state index in [0.29, 0.717) is 6.04 Å². The van der Waals surface area contributed by atoms with Gasteiger partial charge in [-0.15, -0.1) is 0 Å². The molecule has 5 heteroatoms. The Bertz CT molecular complexity index is 646. The first-order valence-corrected chi connectivity index (χ1v) is 9.12. The molecule has 0 saturated carbocycles. The largest absolute Gasteiger partial charge is 0.369 e. The average Bonchev–Trinajstić information content (AvgIpc) is 2.82. The predicted molar refractivity (Wildman–Crippen MR) is 94.0 cm³/mol. The molecule has 2 aromatic rings. The molecule has 0 aliphatic carbocycles. The maximum absolute atomic E-state index is 4.65. The molecule has 120 valence electrons. The molecule has 0 amide bonds. The van der Waals surface area contributed by atoms with Crippen LogP contribution in [-0.4, -0.2) is 47.1 Å². The summed E-state index contributed by atoms with van der Waals surface area (Å²) >= 11 is 1.68. The first kappa shape index (κ1) is 15.0. The number of fused-ring (bicyclic) bond motifs is 2. The van der Waals surface area contributed by atoms with Gasteiger partial charge in [0.05, 0.1) is 11.9 Å². The van der Waals surface area contributed by atoms with Gasteiger partial charge in [-0.2, -0.15) is 0 Å². The first-order valence-electron chi connectivity index (χ1n) is 8.30. The summed E-state index contributed by atoms with van der Waals surface area (Å²) in [4.78, 5) is 15.0. The highest BCUT2D eigenvalue weighted by atomic mass is 32.2. The van der Waals surface area contributed by atoms with Crippen LogP contribution in [0.15, 0.2) is 52.8 Å². The van der Waals surface area contributed by atoms with Crippen LogP contribution in [0.1, 0.15) is 19.3 Å². The summed E-state index contributed by atoms with van der Waals surface area (Å²) in [7, 11) is 2.29. The van der Waals surface area contributed by atoms with E-state index in [0.717, 1.165) is 24.2 Å². The molecule has 2 unspecified atom stereocenters. The van der Waals surface area contributed by atoms with E-state index in [1.54, 1.807) is 11.8 Å². The molecule has 0 N–H and O–H groups in total. The van der Waals surface area contributed by atoms with Gasteiger partial charge in [0.25, 0.3) is 0 Å². The van der Waals surface area contributed by atoms with E-state index in [1.807, 2.05) is 30.7 Å². The third-order valence-corrected chi connectivity index (χ3v) is 6.06. The molecular formula is C18H22N4S. The van der Waals surface area contributed by atoms with Gasteiger partial charge in [0.15, 0.2) is 0 Å². The Balaban J connectivity index is 1.46. The minimum atomic E-state index is 0.702. The lowest BCUT2D eigenvalue weighted by molar-refractivity contribution is 0.254. The Labute approximate surface area is 141 Å². The van der Waals surface area contributed by atoms with E-state index < -0.39 is 0 Å². The van der Waals surface area contributed by atoms with Crippen molar-refractivity contribution in [2.75, 3.05) is 25.0 Å². The van der Waals surface area contributed by atoms with E-state index in [1.165, 1.54) is 29.8 Å². The summed E-state index contributed by atoms with van der Waals surface area (Å²) in [6.45, 7) is 2.27. The van der Waals surface area contributed by atoms with Crippen LogP contribution in [-0.2, 0) is 0 Å². The number of nitrogens with zero attached hydrogens (tertiary/aromatic N) is 4. The van der Waals surface area contributed by atoms with Crippen molar-refractivity contribution in [1.29, 1.82) is 0 Å². The smallest absolute Gasteiger partial charge is 0.101 e. The van der Waals surface area contributed by atoms with Gasteiger partial charge in [0, 0.05) is 42.5 Å². The molecule has 0 spiro atoms. The second-order valence-electron chi connectivity index (χ2n) is 6.42. The number of aromatic nitrogens is 2. The van der Waals surface area contributed by atoms with Crippen LogP contribution < -0.4 is 4.90 Å². The minimum absolute atomic E-state index is 0.702. The second-order valence-corrected chi connectivity index (χ2v) is 7.52. The molecule has 23 heavy (non-hydrogen) atoms.